The van der Waals surface area contributed by atoms with Gasteiger partial charge in [-0.25, -0.2) is 9.97 Å². The summed E-state index contributed by atoms with van der Waals surface area (Å²) in [6, 6.07) is 6.07. The first-order valence-electron chi connectivity index (χ1n) is 9.03. The molecule has 2 aliphatic rings. The van der Waals surface area contributed by atoms with Gasteiger partial charge >= 0.3 is 0 Å². The van der Waals surface area contributed by atoms with E-state index in [1.807, 2.05) is 6.92 Å². The molecule has 27 heavy (non-hydrogen) atoms. The lowest BCUT2D eigenvalue weighted by Gasteiger charge is -2.38. The van der Waals surface area contributed by atoms with Crippen LogP contribution in [-0.4, -0.2) is 34.0 Å². The highest BCUT2D eigenvalue weighted by atomic mass is 35.5. The summed E-state index contributed by atoms with van der Waals surface area (Å²) in [6.07, 6.45) is 3.95. The number of piperidine rings is 1. The van der Waals surface area contributed by atoms with Crippen molar-refractivity contribution in [2.75, 3.05) is 4.90 Å². The maximum Gasteiger partial charge on any atom is 0.268 e. The maximum atomic E-state index is 12.2. The molecule has 2 fully saturated rings. The molecule has 2 bridgehead atoms. The predicted octanol–water partition coefficient (Wildman–Crippen LogP) is 3.32. The first-order chi connectivity index (χ1) is 12.9. The number of aromatic nitrogens is 2. The van der Waals surface area contributed by atoms with E-state index in [1.165, 1.54) is 0 Å². The summed E-state index contributed by atoms with van der Waals surface area (Å²) in [7, 11) is 0. The predicted molar refractivity (Wildman–Crippen MR) is 107 cm³/mol. The molecule has 1 unspecified atom stereocenters. The van der Waals surface area contributed by atoms with Gasteiger partial charge in [0.1, 0.15) is 5.69 Å². The number of anilines is 1. The summed E-state index contributed by atoms with van der Waals surface area (Å²) in [4.78, 5) is 23.7. The molecule has 4 rings (SSSR count). The van der Waals surface area contributed by atoms with Crippen LogP contribution in [0.15, 0.2) is 18.2 Å². The minimum atomic E-state index is -0.617. The van der Waals surface area contributed by atoms with Gasteiger partial charge in [-0.2, -0.15) is 0 Å². The van der Waals surface area contributed by atoms with Gasteiger partial charge in [0, 0.05) is 29.3 Å². The number of halogens is 2. The Morgan fingerprint density at radius 3 is 2.48 bits per heavy atom. The van der Waals surface area contributed by atoms with E-state index in [1.54, 1.807) is 18.2 Å². The number of benzene rings is 1. The summed E-state index contributed by atoms with van der Waals surface area (Å²) < 4.78 is 0. The number of aryl methyl sites for hydroxylation is 1. The Kier molecular flexibility index (Phi) is 4.74. The molecule has 1 aromatic carbocycles. The van der Waals surface area contributed by atoms with Crippen LogP contribution in [0.3, 0.4) is 0 Å². The number of fused-ring (bicyclic) bond motifs is 2. The highest BCUT2D eigenvalue weighted by Crippen LogP contribution is 2.40. The lowest BCUT2D eigenvalue weighted by atomic mass is 9.98. The SMILES string of the molecule is Cc1nc(N2[C@@H]3CC[C@H]2CC(N)C3)nc(C(N)=O)c1-c1cccc(Cl)c1Cl. The van der Waals surface area contributed by atoms with Crippen LogP contribution in [0.2, 0.25) is 10.0 Å². The number of hydrogen-bond donors (Lipinski definition) is 2. The second-order valence-electron chi connectivity index (χ2n) is 7.32. The van der Waals surface area contributed by atoms with Crippen LogP contribution in [0.5, 0.6) is 0 Å². The largest absolute Gasteiger partial charge is 0.364 e. The molecule has 2 aromatic rings. The van der Waals surface area contributed by atoms with Crippen molar-refractivity contribution in [2.24, 2.45) is 11.5 Å². The van der Waals surface area contributed by atoms with Gasteiger partial charge in [0.15, 0.2) is 0 Å². The zero-order chi connectivity index (χ0) is 19.3. The van der Waals surface area contributed by atoms with Crippen molar-refractivity contribution in [3.05, 3.63) is 39.6 Å². The standard InChI is InChI=1S/C19H21Cl2N5O/c1-9-15(13-3-2-4-14(20)16(13)21)17(18(23)27)25-19(24-9)26-11-5-6-12(26)8-10(22)7-11/h2-4,10-12H,5-8,22H2,1H3,(H2,23,27)/t10?,11-,12+. The molecule has 2 aliphatic heterocycles. The summed E-state index contributed by atoms with van der Waals surface area (Å²) in [5.74, 6) is -0.0727. The number of hydrogen-bond acceptors (Lipinski definition) is 5. The first-order valence-corrected chi connectivity index (χ1v) is 9.79. The average Bonchev–Trinajstić information content (AvgIpc) is 2.88. The Labute approximate surface area is 167 Å². The Balaban J connectivity index is 1.84. The number of amides is 1. The minimum Gasteiger partial charge on any atom is -0.364 e. The van der Waals surface area contributed by atoms with Gasteiger partial charge in [0.05, 0.1) is 15.7 Å². The smallest absolute Gasteiger partial charge is 0.268 e. The molecule has 0 aliphatic carbocycles. The van der Waals surface area contributed by atoms with E-state index < -0.39 is 5.91 Å². The second-order valence-corrected chi connectivity index (χ2v) is 8.11. The van der Waals surface area contributed by atoms with Gasteiger partial charge in [-0.3, -0.25) is 4.79 Å². The fourth-order valence-electron chi connectivity index (χ4n) is 4.42. The number of nitrogens with two attached hydrogens (primary N) is 2. The van der Waals surface area contributed by atoms with Crippen molar-refractivity contribution >= 4 is 35.1 Å². The van der Waals surface area contributed by atoms with Gasteiger partial charge in [-0.1, -0.05) is 35.3 Å². The Hall–Kier alpha value is -1.89. The van der Waals surface area contributed by atoms with Crippen LogP contribution in [0.4, 0.5) is 5.95 Å². The van der Waals surface area contributed by atoms with Gasteiger partial charge in [-0.15, -0.1) is 0 Å². The number of carbonyl (C=O) groups is 1. The van der Waals surface area contributed by atoms with Crippen molar-refractivity contribution in [2.45, 2.75) is 50.7 Å². The first kappa shape index (κ1) is 18.5. The minimum absolute atomic E-state index is 0.163. The Morgan fingerprint density at radius 2 is 1.85 bits per heavy atom. The molecule has 0 saturated carbocycles. The molecular formula is C19H21Cl2N5O. The lowest BCUT2D eigenvalue weighted by Crippen LogP contribution is -2.48. The molecule has 8 heteroatoms. The van der Waals surface area contributed by atoms with Gasteiger partial charge in [0.25, 0.3) is 5.91 Å². The van der Waals surface area contributed by atoms with E-state index in [2.05, 4.69) is 9.88 Å². The van der Waals surface area contributed by atoms with Crippen LogP contribution >= 0.6 is 23.2 Å². The van der Waals surface area contributed by atoms with E-state index >= 15 is 0 Å². The van der Waals surface area contributed by atoms with Crippen molar-refractivity contribution in [1.82, 2.24) is 9.97 Å². The van der Waals surface area contributed by atoms with E-state index in [-0.39, 0.29) is 11.7 Å². The Morgan fingerprint density at radius 1 is 1.19 bits per heavy atom. The zero-order valence-corrected chi connectivity index (χ0v) is 16.5. The average molecular weight is 406 g/mol. The molecule has 1 aromatic heterocycles. The van der Waals surface area contributed by atoms with Gasteiger partial charge in [0.2, 0.25) is 5.95 Å². The lowest BCUT2D eigenvalue weighted by molar-refractivity contribution is 0.0996. The zero-order valence-electron chi connectivity index (χ0n) is 15.0. The maximum absolute atomic E-state index is 12.2. The molecule has 3 atom stereocenters. The van der Waals surface area contributed by atoms with E-state index in [9.17, 15) is 4.79 Å². The fraction of sp³-hybridized carbons (Fsp3) is 0.421. The van der Waals surface area contributed by atoms with Crippen LogP contribution in [0, 0.1) is 6.92 Å². The van der Waals surface area contributed by atoms with E-state index in [4.69, 9.17) is 39.7 Å². The summed E-state index contributed by atoms with van der Waals surface area (Å²) in [5, 5.41) is 0.751. The third kappa shape index (κ3) is 3.16. The molecule has 0 spiro atoms. The normalized spacial score (nSPS) is 24.3. The molecule has 0 radical (unpaired) electrons. The molecule has 142 valence electrons. The number of carbonyl (C=O) groups excluding carboxylic acids is 1. The van der Waals surface area contributed by atoms with E-state index in [0.717, 1.165) is 25.7 Å². The number of primary amides is 1. The summed E-state index contributed by atoms with van der Waals surface area (Å²) in [5.41, 5.74) is 13.8. The summed E-state index contributed by atoms with van der Waals surface area (Å²) in [6.45, 7) is 1.84. The fourth-order valence-corrected chi connectivity index (χ4v) is 4.81. The second kappa shape index (κ2) is 6.93. The van der Waals surface area contributed by atoms with E-state index in [0.29, 0.717) is 44.9 Å². The monoisotopic (exact) mass is 405 g/mol. The summed E-state index contributed by atoms with van der Waals surface area (Å²) >= 11 is 12.5. The van der Waals surface area contributed by atoms with Crippen molar-refractivity contribution < 1.29 is 4.79 Å². The third-order valence-electron chi connectivity index (χ3n) is 5.53. The third-order valence-corrected chi connectivity index (χ3v) is 6.35. The van der Waals surface area contributed by atoms with Crippen LogP contribution < -0.4 is 16.4 Å². The number of rotatable bonds is 3. The topological polar surface area (TPSA) is 98.1 Å². The van der Waals surface area contributed by atoms with Crippen LogP contribution in [-0.2, 0) is 0 Å². The Bertz CT molecular complexity index is 905. The molecule has 4 N–H and O–H groups in total. The molecule has 1 amide bonds. The molecule has 6 nitrogen and oxygen atoms in total. The highest BCUT2D eigenvalue weighted by molar-refractivity contribution is 6.43. The molecule has 2 saturated heterocycles. The quantitative estimate of drug-likeness (QED) is 0.815. The van der Waals surface area contributed by atoms with Gasteiger partial charge < -0.3 is 16.4 Å². The van der Waals surface area contributed by atoms with Gasteiger partial charge in [-0.05, 0) is 38.7 Å². The van der Waals surface area contributed by atoms with Crippen molar-refractivity contribution in [3.63, 3.8) is 0 Å². The molecule has 3 heterocycles. The van der Waals surface area contributed by atoms with Crippen molar-refractivity contribution in [3.8, 4) is 11.1 Å². The molecular weight excluding hydrogens is 385 g/mol. The van der Waals surface area contributed by atoms with Crippen molar-refractivity contribution in [1.29, 1.82) is 0 Å². The number of nitrogens with zero attached hydrogens (tertiary/aromatic N) is 3. The highest BCUT2D eigenvalue weighted by Gasteiger charge is 2.41. The van der Waals surface area contributed by atoms with Crippen LogP contribution in [0.1, 0.15) is 41.9 Å². The van der Waals surface area contributed by atoms with Crippen LogP contribution in [0.25, 0.3) is 11.1 Å².